The molecule has 1 aromatic carbocycles. The second-order valence-electron chi connectivity index (χ2n) is 4.37. The number of aromatic amines is 1. The zero-order valence-corrected chi connectivity index (χ0v) is 11.6. The number of aryl methyl sites for hydroxylation is 1. The molecule has 1 heterocycles. The van der Waals surface area contributed by atoms with E-state index in [2.05, 4.69) is 32.3 Å². The molecule has 0 saturated heterocycles. The molecule has 0 bridgehead atoms. The van der Waals surface area contributed by atoms with Crippen molar-refractivity contribution in [1.82, 2.24) is 20.5 Å². The van der Waals surface area contributed by atoms with E-state index >= 15 is 0 Å². The van der Waals surface area contributed by atoms with E-state index in [1.807, 2.05) is 12.1 Å². The molecule has 2 aromatic rings. The molecule has 0 fully saturated rings. The smallest absolute Gasteiger partial charge is 0.251 e. The molecule has 1 aromatic heterocycles. The van der Waals surface area contributed by atoms with Crippen LogP contribution >= 0.6 is 0 Å². The topological polar surface area (TPSA) is 96.7 Å². The van der Waals surface area contributed by atoms with E-state index in [4.69, 9.17) is 5.73 Å². The molecule has 0 saturated carbocycles. The number of amides is 1. The number of H-pyrrole nitrogens is 1. The molecule has 0 atom stereocenters. The normalized spacial score (nSPS) is 9.76. The van der Waals surface area contributed by atoms with Crippen LogP contribution in [-0.4, -0.2) is 34.2 Å². The Hall–Kier alpha value is -2.65. The van der Waals surface area contributed by atoms with Crippen LogP contribution in [0.2, 0.25) is 0 Å². The summed E-state index contributed by atoms with van der Waals surface area (Å²) in [6.45, 7) is 0.918. The van der Waals surface area contributed by atoms with Gasteiger partial charge in [-0.3, -0.25) is 9.89 Å². The van der Waals surface area contributed by atoms with Crippen molar-refractivity contribution in [1.29, 1.82) is 0 Å². The molecule has 6 heteroatoms. The van der Waals surface area contributed by atoms with Crippen LogP contribution < -0.4 is 11.1 Å². The molecule has 21 heavy (non-hydrogen) atoms. The Balaban J connectivity index is 1.77. The highest BCUT2D eigenvalue weighted by molar-refractivity contribution is 5.94. The van der Waals surface area contributed by atoms with Gasteiger partial charge in [0.25, 0.3) is 5.91 Å². The third-order valence-corrected chi connectivity index (χ3v) is 2.82. The fourth-order valence-electron chi connectivity index (χ4n) is 1.77. The van der Waals surface area contributed by atoms with E-state index in [1.54, 1.807) is 12.1 Å². The lowest BCUT2D eigenvalue weighted by Gasteiger charge is -2.04. The number of rotatable bonds is 5. The lowest BCUT2D eigenvalue weighted by Crippen LogP contribution is -2.24. The summed E-state index contributed by atoms with van der Waals surface area (Å²) in [7, 11) is 0. The highest BCUT2D eigenvalue weighted by Crippen LogP contribution is 2.03. The molecule has 0 spiro atoms. The van der Waals surface area contributed by atoms with Gasteiger partial charge in [-0.2, -0.15) is 5.10 Å². The summed E-state index contributed by atoms with van der Waals surface area (Å²) in [5, 5.41) is 9.42. The summed E-state index contributed by atoms with van der Waals surface area (Å²) in [4.78, 5) is 16.0. The quantitative estimate of drug-likeness (QED) is 0.549. The van der Waals surface area contributed by atoms with E-state index in [9.17, 15) is 4.79 Å². The molecular weight excluding hydrogens is 266 g/mol. The maximum Gasteiger partial charge on any atom is 0.251 e. The van der Waals surface area contributed by atoms with Crippen LogP contribution in [0.3, 0.4) is 0 Å². The number of carbonyl (C=O) groups is 1. The number of hydrogen-bond acceptors (Lipinski definition) is 4. The van der Waals surface area contributed by atoms with Gasteiger partial charge in [0.05, 0.1) is 6.54 Å². The number of hydrogen-bond donors (Lipinski definition) is 3. The predicted molar refractivity (Wildman–Crippen MR) is 79.4 cm³/mol. The second-order valence-corrected chi connectivity index (χ2v) is 4.37. The van der Waals surface area contributed by atoms with Crippen molar-refractivity contribution in [3.8, 4) is 11.8 Å². The summed E-state index contributed by atoms with van der Waals surface area (Å²) >= 11 is 0. The Morgan fingerprint density at radius 2 is 2.14 bits per heavy atom. The minimum Gasteiger partial charge on any atom is -0.352 e. The van der Waals surface area contributed by atoms with Crippen LogP contribution in [0.15, 0.2) is 30.6 Å². The van der Waals surface area contributed by atoms with Gasteiger partial charge < -0.3 is 11.1 Å². The van der Waals surface area contributed by atoms with Gasteiger partial charge in [-0.1, -0.05) is 11.8 Å². The molecule has 2 rings (SSSR count). The van der Waals surface area contributed by atoms with Gasteiger partial charge in [0, 0.05) is 24.1 Å². The van der Waals surface area contributed by atoms with Crippen molar-refractivity contribution in [2.45, 2.75) is 12.8 Å². The Morgan fingerprint density at radius 1 is 1.33 bits per heavy atom. The number of nitrogens with one attached hydrogen (secondary N) is 2. The zero-order chi connectivity index (χ0) is 14.9. The van der Waals surface area contributed by atoms with E-state index in [-0.39, 0.29) is 5.91 Å². The van der Waals surface area contributed by atoms with Gasteiger partial charge in [-0.25, -0.2) is 4.98 Å². The maximum atomic E-state index is 11.9. The minimum atomic E-state index is -0.0918. The molecule has 6 nitrogen and oxygen atoms in total. The van der Waals surface area contributed by atoms with Gasteiger partial charge in [0.15, 0.2) is 0 Å². The number of nitrogens with two attached hydrogens (primary N) is 1. The summed E-state index contributed by atoms with van der Waals surface area (Å²) in [6, 6.07) is 7.14. The fraction of sp³-hybridized carbons (Fsp3) is 0.267. The molecule has 1 amide bonds. The summed E-state index contributed by atoms with van der Waals surface area (Å²) in [6.07, 6.45) is 3.04. The van der Waals surface area contributed by atoms with E-state index in [1.165, 1.54) is 6.33 Å². The van der Waals surface area contributed by atoms with Crippen molar-refractivity contribution in [2.75, 3.05) is 13.1 Å². The Kier molecular flexibility index (Phi) is 5.50. The molecule has 0 radical (unpaired) electrons. The Bertz CT molecular complexity index is 622. The summed E-state index contributed by atoms with van der Waals surface area (Å²) < 4.78 is 0. The molecule has 0 unspecified atom stereocenters. The van der Waals surface area contributed by atoms with Crippen molar-refractivity contribution in [3.63, 3.8) is 0 Å². The van der Waals surface area contributed by atoms with Crippen LogP contribution in [0.4, 0.5) is 0 Å². The third-order valence-electron chi connectivity index (χ3n) is 2.82. The number of benzene rings is 1. The number of carbonyl (C=O) groups excluding carboxylic acids is 1. The molecule has 108 valence electrons. The average Bonchev–Trinajstić information content (AvgIpc) is 3.03. The van der Waals surface area contributed by atoms with Gasteiger partial charge in [0.1, 0.15) is 12.2 Å². The van der Waals surface area contributed by atoms with Crippen molar-refractivity contribution >= 4 is 5.91 Å². The van der Waals surface area contributed by atoms with Crippen LogP contribution in [0.25, 0.3) is 0 Å². The standard InChI is InChI=1S/C15H17N5O/c16-9-1-3-12-5-7-13(8-6-12)15(21)17-10-2-4-14-18-11-19-20-14/h5-8,11H,2,4,9-10,16H2,(H,17,21)(H,18,19,20). The lowest BCUT2D eigenvalue weighted by molar-refractivity contribution is 0.0953. The van der Waals surface area contributed by atoms with Crippen molar-refractivity contribution in [3.05, 3.63) is 47.5 Å². The average molecular weight is 283 g/mol. The van der Waals surface area contributed by atoms with Crippen LogP contribution in [0.5, 0.6) is 0 Å². The van der Waals surface area contributed by atoms with Crippen molar-refractivity contribution in [2.24, 2.45) is 5.73 Å². The summed E-state index contributed by atoms with van der Waals surface area (Å²) in [5.41, 5.74) is 6.78. The predicted octanol–water partition coefficient (Wildman–Crippen LogP) is 0.477. The first-order chi connectivity index (χ1) is 10.3. The van der Waals surface area contributed by atoms with Gasteiger partial charge >= 0.3 is 0 Å². The lowest BCUT2D eigenvalue weighted by atomic mass is 10.1. The first-order valence-electron chi connectivity index (χ1n) is 6.71. The SMILES string of the molecule is NCC#Cc1ccc(C(=O)NCCCc2ncn[nH]2)cc1. The number of nitrogens with zero attached hydrogens (tertiary/aromatic N) is 2. The first kappa shape index (κ1) is 14.8. The molecular formula is C15H17N5O. The Morgan fingerprint density at radius 3 is 2.81 bits per heavy atom. The van der Waals surface area contributed by atoms with Gasteiger partial charge in [-0.05, 0) is 30.7 Å². The maximum absolute atomic E-state index is 11.9. The first-order valence-corrected chi connectivity index (χ1v) is 6.71. The molecule has 0 aliphatic carbocycles. The Labute approximate surface area is 123 Å². The molecule has 0 aliphatic heterocycles. The highest BCUT2D eigenvalue weighted by Gasteiger charge is 2.04. The van der Waals surface area contributed by atoms with E-state index < -0.39 is 0 Å². The minimum absolute atomic E-state index is 0.0918. The second kappa shape index (κ2) is 7.82. The van der Waals surface area contributed by atoms with Gasteiger partial charge in [0.2, 0.25) is 0 Å². The number of aromatic nitrogens is 3. The largest absolute Gasteiger partial charge is 0.352 e. The zero-order valence-electron chi connectivity index (χ0n) is 11.6. The van der Waals surface area contributed by atoms with Crippen LogP contribution in [0, 0.1) is 11.8 Å². The van der Waals surface area contributed by atoms with E-state index in [0.717, 1.165) is 24.2 Å². The van der Waals surface area contributed by atoms with Gasteiger partial charge in [-0.15, -0.1) is 0 Å². The van der Waals surface area contributed by atoms with Crippen LogP contribution in [0.1, 0.15) is 28.2 Å². The van der Waals surface area contributed by atoms with Crippen molar-refractivity contribution < 1.29 is 4.79 Å². The van der Waals surface area contributed by atoms with E-state index in [0.29, 0.717) is 18.7 Å². The molecule has 4 N–H and O–H groups in total. The fourth-order valence-corrected chi connectivity index (χ4v) is 1.77. The monoisotopic (exact) mass is 283 g/mol. The highest BCUT2D eigenvalue weighted by atomic mass is 16.1. The third kappa shape index (κ3) is 4.75. The molecule has 0 aliphatic rings. The summed E-state index contributed by atoms with van der Waals surface area (Å²) in [5.74, 6) is 6.42. The van der Waals surface area contributed by atoms with Crippen LogP contribution in [-0.2, 0) is 6.42 Å².